The van der Waals surface area contributed by atoms with Crippen LogP contribution in [-0.2, 0) is 6.54 Å². The Bertz CT molecular complexity index is 717. The molecule has 0 spiro atoms. The van der Waals surface area contributed by atoms with Crippen molar-refractivity contribution in [3.05, 3.63) is 54.2 Å². The van der Waals surface area contributed by atoms with Crippen molar-refractivity contribution in [1.29, 1.82) is 0 Å². The van der Waals surface area contributed by atoms with Gasteiger partial charge in [0, 0.05) is 57.2 Å². The number of ether oxygens (including phenoxy) is 1. The van der Waals surface area contributed by atoms with E-state index in [4.69, 9.17) is 4.74 Å². The van der Waals surface area contributed by atoms with E-state index in [0.717, 1.165) is 37.7 Å². The van der Waals surface area contributed by atoms with Crippen molar-refractivity contribution in [3.8, 4) is 5.88 Å². The van der Waals surface area contributed by atoms with Gasteiger partial charge in [-0.15, -0.1) is 24.0 Å². The van der Waals surface area contributed by atoms with Gasteiger partial charge in [0.05, 0.1) is 6.61 Å². The van der Waals surface area contributed by atoms with Crippen LogP contribution in [0.4, 0.5) is 5.69 Å². The molecule has 1 aromatic heterocycles. The highest BCUT2D eigenvalue weighted by Crippen LogP contribution is 2.16. The Morgan fingerprint density at radius 3 is 2.52 bits per heavy atom. The average molecular weight is 481 g/mol. The molecule has 3 rings (SSSR count). The molecule has 1 aromatic carbocycles. The molecule has 0 radical (unpaired) electrons. The van der Waals surface area contributed by atoms with E-state index < -0.39 is 0 Å². The number of aromatic nitrogens is 1. The summed E-state index contributed by atoms with van der Waals surface area (Å²) in [6.07, 6.45) is 1.76. The molecular formula is C20H28IN5O. The summed E-state index contributed by atoms with van der Waals surface area (Å²) in [4.78, 5) is 13.5. The number of piperazine rings is 1. The maximum absolute atomic E-state index is 5.60. The van der Waals surface area contributed by atoms with Crippen molar-refractivity contribution < 1.29 is 4.74 Å². The van der Waals surface area contributed by atoms with Crippen LogP contribution in [0.3, 0.4) is 0 Å². The van der Waals surface area contributed by atoms with Crippen LogP contribution < -0.4 is 15.0 Å². The van der Waals surface area contributed by atoms with Crippen LogP contribution in [0.2, 0.25) is 0 Å². The van der Waals surface area contributed by atoms with Gasteiger partial charge in [-0.05, 0) is 25.1 Å². The monoisotopic (exact) mass is 481 g/mol. The predicted molar refractivity (Wildman–Crippen MR) is 121 cm³/mol. The Morgan fingerprint density at radius 1 is 1.11 bits per heavy atom. The summed E-state index contributed by atoms with van der Waals surface area (Å²) in [7, 11) is 1.83. The fraction of sp³-hybridized carbons (Fsp3) is 0.400. The highest BCUT2D eigenvalue weighted by atomic mass is 127. The summed E-state index contributed by atoms with van der Waals surface area (Å²) in [5.41, 5.74) is 2.32. The molecule has 0 unspecified atom stereocenters. The first-order valence-corrected chi connectivity index (χ1v) is 9.14. The van der Waals surface area contributed by atoms with Gasteiger partial charge in [-0.25, -0.2) is 4.98 Å². The smallest absolute Gasteiger partial charge is 0.218 e. The highest BCUT2D eigenvalue weighted by molar-refractivity contribution is 14.0. The third-order valence-electron chi connectivity index (χ3n) is 4.48. The standard InChI is InChI=1S/C20H27N5O.HI/c1-3-26-19-17(8-7-11-22-19)16-23-20(21-2)25-14-12-24(13-15-25)18-9-5-4-6-10-18;/h4-11H,3,12-16H2,1-2H3,(H,21,23);1H. The van der Waals surface area contributed by atoms with Crippen LogP contribution in [0, 0.1) is 0 Å². The van der Waals surface area contributed by atoms with Gasteiger partial charge in [0.15, 0.2) is 5.96 Å². The van der Waals surface area contributed by atoms with Gasteiger partial charge in [0.25, 0.3) is 0 Å². The quantitative estimate of drug-likeness (QED) is 0.405. The summed E-state index contributed by atoms with van der Waals surface area (Å²) in [5, 5.41) is 3.45. The number of hydrogen-bond donors (Lipinski definition) is 1. The van der Waals surface area contributed by atoms with E-state index in [0.29, 0.717) is 19.0 Å². The van der Waals surface area contributed by atoms with Crippen molar-refractivity contribution in [2.24, 2.45) is 4.99 Å². The number of nitrogens with zero attached hydrogens (tertiary/aromatic N) is 4. The van der Waals surface area contributed by atoms with Gasteiger partial charge in [-0.2, -0.15) is 0 Å². The lowest BCUT2D eigenvalue weighted by molar-refractivity contribution is 0.322. The van der Waals surface area contributed by atoms with Crippen LogP contribution in [0.1, 0.15) is 12.5 Å². The first kappa shape index (κ1) is 21.3. The maximum atomic E-state index is 5.60. The topological polar surface area (TPSA) is 53.0 Å². The summed E-state index contributed by atoms with van der Waals surface area (Å²) in [5.74, 6) is 1.61. The van der Waals surface area contributed by atoms with Crippen molar-refractivity contribution in [1.82, 2.24) is 15.2 Å². The van der Waals surface area contributed by atoms with Crippen LogP contribution in [0.25, 0.3) is 0 Å². The number of anilines is 1. The summed E-state index contributed by atoms with van der Waals surface area (Å²) >= 11 is 0. The molecular weight excluding hydrogens is 453 g/mol. The normalized spacial score (nSPS) is 14.5. The molecule has 7 heteroatoms. The molecule has 2 heterocycles. The number of pyridine rings is 1. The molecule has 27 heavy (non-hydrogen) atoms. The third kappa shape index (κ3) is 5.72. The minimum atomic E-state index is 0. The van der Waals surface area contributed by atoms with E-state index in [1.165, 1.54) is 5.69 Å². The van der Waals surface area contributed by atoms with Gasteiger partial charge in [0.2, 0.25) is 5.88 Å². The van der Waals surface area contributed by atoms with E-state index in [-0.39, 0.29) is 24.0 Å². The summed E-state index contributed by atoms with van der Waals surface area (Å²) < 4.78 is 5.60. The average Bonchev–Trinajstić information content (AvgIpc) is 2.71. The number of aliphatic imine (C=N–C) groups is 1. The van der Waals surface area contributed by atoms with Gasteiger partial charge in [-0.1, -0.05) is 24.3 Å². The fourth-order valence-corrected chi connectivity index (χ4v) is 3.15. The largest absolute Gasteiger partial charge is 0.478 e. The van der Waals surface area contributed by atoms with Gasteiger partial charge in [0.1, 0.15) is 0 Å². The highest BCUT2D eigenvalue weighted by Gasteiger charge is 2.20. The van der Waals surface area contributed by atoms with E-state index >= 15 is 0 Å². The number of nitrogens with one attached hydrogen (secondary N) is 1. The molecule has 0 aliphatic carbocycles. The predicted octanol–water partition coefficient (Wildman–Crippen LogP) is 3.00. The van der Waals surface area contributed by atoms with Crippen LogP contribution in [0.15, 0.2) is 53.7 Å². The van der Waals surface area contributed by atoms with Crippen LogP contribution in [0.5, 0.6) is 5.88 Å². The van der Waals surface area contributed by atoms with E-state index in [1.807, 2.05) is 26.1 Å². The number of hydrogen-bond acceptors (Lipinski definition) is 4. The Hall–Kier alpha value is -2.03. The SMILES string of the molecule is CCOc1ncccc1CNC(=NC)N1CCN(c2ccccc2)CC1.I. The van der Waals surface area contributed by atoms with Crippen molar-refractivity contribution >= 4 is 35.6 Å². The zero-order valence-corrected chi connectivity index (χ0v) is 18.3. The molecule has 146 valence electrons. The second kappa shape index (κ2) is 11.0. The van der Waals surface area contributed by atoms with Crippen molar-refractivity contribution in [2.75, 3.05) is 44.7 Å². The molecule has 0 bridgehead atoms. The van der Waals surface area contributed by atoms with Crippen LogP contribution >= 0.6 is 24.0 Å². The molecule has 1 N–H and O–H groups in total. The lowest BCUT2D eigenvalue weighted by atomic mass is 10.2. The van der Waals surface area contributed by atoms with E-state index in [2.05, 4.69) is 55.4 Å². The first-order chi connectivity index (χ1) is 12.8. The maximum Gasteiger partial charge on any atom is 0.218 e. The molecule has 1 aliphatic heterocycles. The van der Waals surface area contributed by atoms with E-state index in [1.54, 1.807) is 6.20 Å². The van der Waals surface area contributed by atoms with Gasteiger partial charge < -0.3 is 19.9 Å². The number of rotatable bonds is 5. The van der Waals surface area contributed by atoms with Crippen LogP contribution in [-0.4, -0.2) is 55.7 Å². The Morgan fingerprint density at radius 2 is 1.85 bits per heavy atom. The number of halogens is 1. The molecule has 6 nitrogen and oxygen atoms in total. The second-order valence-corrected chi connectivity index (χ2v) is 6.11. The number of para-hydroxylation sites is 1. The Labute approximate surface area is 178 Å². The molecule has 1 fully saturated rings. The lowest BCUT2D eigenvalue weighted by Crippen LogP contribution is -2.52. The van der Waals surface area contributed by atoms with Gasteiger partial charge >= 0.3 is 0 Å². The first-order valence-electron chi connectivity index (χ1n) is 9.14. The van der Waals surface area contributed by atoms with Crippen molar-refractivity contribution in [3.63, 3.8) is 0 Å². The summed E-state index contributed by atoms with van der Waals surface area (Å²) in [6, 6.07) is 14.5. The summed E-state index contributed by atoms with van der Waals surface area (Å²) in [6.45, 7) is 7.09. The minimum Gasteiger partial charge on any atom is -0.478 e. The molecule has 2 aromatic rings. The number of benzene rings is 1. The van der Waals surface area contributed by atoms with E-state index in [9.17, 15) is 0 Å². The Balaban J connectivity index is 0.00000261. The Kier molecular flexibility index (Phi) is 8.63. The molecule has 1 aliphatic rings. The van der Waals surface area contributed by atoms with Gasteiger partial charge in [-0.3, -0.25) is 4.99 Å². The molecule has 1 saturated heterocycles. The molecule has 0 saturated carbocycles. The third-order valence-corrected chi connectivity index (χ3v) is 4.48. The van der Waals surface area contributed by atoms with Crippen molar-refractivity contribution in [2.45, 2.75) is 13.5 Å². The lowest BCUT2D eigenvalue weighted by Gasteiger charge is -2.37. The molecule has 0 atom stereocenters. The molecule has 0 amide bonds. The zero-order chi connectivity index (χ0) is 18.2. The fourth-order valence-electron chi connectivity index (χ4n) is 3.15. The number of guanidine groups is 1. The minimum absolute atomic E-state index is 0. The zero-order valence-electron chi connectivity index (χ0n) is 16.0. The second-order valence-electron chi connectivity index (χ2n) is 6.11.